The van der Waals surface area contributed by atoms with E-state index < -0.39 is 6.29 Å². The Labute approximate surface area is 215 Å². The first-order valence-corrected chi connectivity index (χ1v) is 14.3. The lowest BCUT2D eigenvalue weighted by Gasteiger charge is -2.49. The van der Waals surface area contributed by atoms with Crippen LogP contribution >= 0.6 is 0 Å². The monoisotopic (exact) mass is 488 g/mol. The molecule has 0 aliphatic carbocycles. The molecule has 5 atom stereocenters. The van der Waals surface area contributed by atoms with Crippen molar-refractivity contribution in [3.05, 3.63) is 22.3 Å². The van der Waals surface area contributed by atoms with Gasteiger partial charge in [-0.25, -0.2) is 0 Å². The van der Waals surface area contributed by atoms with Crippen molar-refractivity contribution in [2.75, 3.05) is 7.11 Å². The van der Waals surface area contributed by atoms with Crippen molar-refractivity contribution in [3.8, 4) is 11.5 Å². The van der Waals surface area contributed by atoms with Gasteiger partial charge >= 0.3 is 0 Å². The second-order valence-electron chi connectivity index (χ2n) is 12.3. The zero-order chi connectivity index (χ0) is 25.8. The van der Waals surface area contributed by atoms with Crippen LogP contribution < -0.4 is 9.47 Å². The molecule has 0 radical (unpaired) electrons. The third-order valence-electron chi connectivity index (χ3n) is 8.70. The second kappa shape index (κ2) is 12.3. The molecule has 1 unspecified atom stereocenters. The van der Waals surface area contributed by atoms with Crippen molar-refractivity contribution in [1.29, 1.82) is 0 Å². The zero-order valence-electron chi connectivity index (χ0n) is 23.8. The van der Waals surface area contributed by atoms with E-state index in [0.29, 0.717) is 6.42 Å². The van der Waals surface area contributed by atoms with Crippen LogP contribution in [0.4, 0.5) is 0 Å². The van der Waals surface area contributed by atoms with Crippen LogP contribution in [0.2, 0.25) is 0 Å². The van der Waals surface area contributed by atoms with Crippen molar-refractivity contribution in [3.63, 3.8) is 0 Å². The van der Waals surface area contributed by atoms with E-state index in [2.05, 4.69) is 48.5 Å². The SMILES string of the molecule is COc1c(C)c(C)c2c(c1C)[C@H]1C[C@](CCC[C@H](C)CCC[C@H](C)CCCC(C)C)(CC(O)O1)O2. The fourth-order valence-corrected chi connectivity index (χ4v) is 6.44. The largest absolute Gasteiger partial charge is 0.496 e. The van der Waals surface area contributed by atoms with Gasteiger partial charge in [-0.05, 0) is 62.5 Å². The number of hydrogen-bond acceptors (Lipinski definition) is 4. The highest BCUT2D eigenvalue weighted by atomic mass is 16.6. The average molecular weight is 489 g/mol. The number of aliphatic hydroxyl groups is 1. The number of methoxy groups -OCH3 is 1. The molecule has 2 heterocycles. The summed E-state index contributed by atoms with van der Waals surface area (Å²) in [4.78, 5) is 0. The molecule has 35 heavy (non-hydrogen) atoms. The van der Waals surface area contributed by atoms with Gasteiger partial charge in [0, 0.05) is 24.0 Å². The predicted octanol–water partition coefficient (Wildman–Crippen LogP) is 8.36. The summed E-state index contributed by atoms with van der Waals surface area (Å²) in [7, 11) is 1.72. The zero-order valence-corrected chi connectivity index (χ0v) is 23.8. The lowest BCUT2D eigenvalue weighted by molar-refractivity contribution is -0.226. The molecule has 0 aromatic heterocycles. The van der Waals surface area contributed by atoms with Gasteiger partial charge in [0.25, 0.3) is 0 Å². The van der Waals surface area contributed by atoms with E-state index in [1.54, 1.807) is 7.11 Å². The van der Waals surface area contributed by atoms with Crippen molar-refractivity contribution in [1.82, 2.24) is 0 Å². The Morgan fingerprint density at radius 2 is 1.46 bits per heavy atom. The van der Waals surface area contributed by atoms with E-state index in [9.17, 15) is 5.11 Å². The maximum absolute atomic E-state index is 10.6. The quantitative estimate of drug-likeness (QED) is 0.303. The van der Waals surface area contributed by atoms with Gasteiger partial charge in [0.05, 0.1) is 13.2 Å². The van der Waals surface area contributed by atoms with Crippen molar-refractivity contribution in [2.45, 2.75) is 137 Å². The Bertz CT molecular complexity index is 832. The Morgan fingerprint density at radius 3 is 2.06 bits per heavy atom. The molecular formula is C31H52O4. The van der Waals surface area contributed by atoms with Crippen LogP contribution in [-0.2, 0) is 4.74 Å². The van der Waals surface area contributed by atoms with E-state index in [0.717, 1.165) is 70.8 Å². The van der Waals surface area contributed by atoms with Gasteiger partial charge < -0.3 is 19.3 Å². The van der Waals surface area contributed by atoms with E-state index in [4.69, 9.17) is 14.2 Å². The molecule has 2 aliphatic heterocycles. The van der Waals surface area contributed by atoms with Crippen molar-refractivity contribution < 1.29 is 19.3 Å². The van der Waals surface area contributed by atoms with E-state index in [1.807, 2.05) is 0 Å². The summed E-state index contributed by atoms with van der Waals surface area (Å²) in [5.74, 6) is 4.29. The van der Waals surface area contributed by atoms with Crippen molar-refractivity contribution >= 4 is 0 Å². The normalized spacial score (nSPS) is 25.2. The van der Waals surface area contributed by atoms with Crippen molar-refractivity contribution in [2.24, 2.45) is 17.8 Å². The van der Waals surface area contributed by atoms with Gasteiger partial charge in [0.1, 0.15) is 17.1 Å². The molecule has 200 valence electrons. The van der Waals surface area contributed by atoms with Crippen LogP contribution in [0.1, 0.15) is 127 Å². The molecule has 2 bridgehead atoms. The maximum atomic E-state index is 10.6. The second-order valence-corrected chi connectivity index (χ2v) is 12.3. The Balaban J connectivity index is 1.54. The summed E-state index contributed by atoms with van der Waals surface area (Å²) in [6, 6.07) is 0. The lowest BCUT2D eigenvalue weighted by Crippen LogP contribution is -2.49. The van der Waals surface area contributed by atoms with E-state index in [1.165, 1.54) is 44.9 Å². The number of hydrogen-bond donors (Lipinski definition) is 1. The molecule has 0 amide bonds. The summed E-state index contributed by atoms with van der Waals surface area (Å²) in [5, 5.41) is 10.6. The van der Waals surface area contributed by atoms with Gasteiger partial charge in [0.15, 0.2) is 6.29 Å². The van der Waals surface area contributed by atoms with Crippen LogP contribution in [0.25, 0.3) is 0 Å². The summed E-state index contributed by atoms with van der Waals surface area (Å²) in [6.07, 6.45) is 11.9. The first-order valence-electron chi connectivity index (χ1n) is 14.3. The number of fused-ring (bicyclic) bond motifs is 4. The predicted molar refractivity (Wildman–Crippen MR) is 144 cm³/mol. The summed E-state index contributed by atoms with van der Waals surface area (Å²) in [5.41, 5.74) is 4.07. The molecule has 1 N–H and O–H groups in total. The highest BCUT2D eigenvalue weighted by molar-refractivity contribution is 5.60. The summed E-state index contributed by atoms with van der Waals surface area (Å²) in [6.45, 7) is 15.8. The maximum Gasteiger partial charge on any atom is 0.159 e. The Kier molecular flexibility index (Phi) is 9.97. The highest BCUT2D eigenvalue weighted by Gasteiger charge is 2.49. The van der Waals surface area contributed by atoms with E-state index >= 15 is 0 Å². The summed E-state index contributed by atoms with van der Waals surface area (Å²) >= 11 is 0. The molecule has 1 fully saturated rings. The van der Waals surface area contributed by atoms with Gasteiger partial charge in [-0.15, -0.1) is 0 Å². The molecule has 1 aromatic rings. The molecule has 0 spiro atoms. The van der Waals surface area contributed by atoms with E-state index in [-0.39, 0.29) is 11.7 Å². The Morgan fingerprint density at radius 1 is 0.857 bits per heavy atom. The molecular weight excluding hydrogens is 436 g/mol. The number of ether oxygens (including phenoxy) is 3. The standard InChI is InChI=1S/C31H52O4/c1-20(2)12-9-13-21(3)14-10-15-22(4)16-11-17-31-18-26(34-27(32)19-31)28-25(7)29(33-8)23(5)24(6)30(28)35-31/h20-22,26-27,32H,9-19H2,1-8H3/t21-,22-,26-,27?,31-/m1/s1. The molecule has 1 saturated heterocycles. The first-order chi connectivity index (χ1) is 16.6. The topological polar surface area (TPSA) is 47.9 Å². The first kappa shape index (κ1) is 28.3. The Hall–Kier alpha value is -1.26. The molecule has 4 heteroatoms. The number of aliphatic hydroxyl groups excluding tert-OH is 1. The average Bonchev–Trinajstić information content (AvgIpc) is 2.77. The number of rotatable bonds is 13. The minimum atomic E-state index is -0.775. The fourth-order valence-electron chi connectivity index (χ4n) is 6.44. The van der Waals surface area contributed by atoms with Crippen LogP contribution in [0.15, 0.2) is 0 Å². The van der Waals surface area contributed by atoms with Crippen LogP contribution in [-0.4, -0.2) is 24.1 Å². The number of benzene rings is 1. The van der Waals surface area contributed by atoms with Gasteiger partial charge in [-0.1, -0.05) is 72.6 Å². The smallest absolute Gasteiger partial charge is 0.159 e. The molecule has 3 rings (SSSR count). The van der Waals surface area contributed by atoms with Crippen LogP contribution in [0.5, 0.6) is 11.5 Å². The summed E-state index contributed by atoms with van der Waals surface area (Å²) < 4.78 is 18.6. The van der Waals surface area contributed by atoms with Crippen LogP contribution in [0.3, 0.4) is 0 Å². The lowest BCUT2D eigenvalue weighted by atomic mass is 9.77. The minimum Gasteiger partial charge on any atom is -0.496 e. The van der Waals surface area contributed by atoms with Gasteiger partial charge in [0.2, 0.25) is 0 Å². The molecule has 0 saturated carbocycles. The third kappa shape index (κ3) is 6.95. The third-order valence-corrected chi connectivity index (χ3v) is 8.70. The van der Waals surface area contributed by atoms with Gasteiger partial charge in [-0.2, -0.15) is 0 Å². The molecule has 2 aliphatic rings. The molecule has 1 aromatic carbocycles. The molecule has 4 nitrogen and oxygen atoms in total. The fraction of sp³-hybridized carbons (Fsp3) is 0.806. The van der Waals surface area contributed by atoms with Crippen LogP contribution in [0, 0.1) is 38.5 Å². The highest BCUT2D eigenvalue weighted by Crippen LogP contribution is 2.54. The van der Waals surface area contributed by atoms with Gasteiger partial charge in [-0.3, -0.25) is 0 Å². The minimum absolute atomic E-state index is 0.134.